The Bertz CT molecular complexity index is 443. The second-order valence-electron chi connectivity index (χ2n) is 4.05. The summed E-state index contributed by atoms with van der Waals surface area (Å²) in [4.78, 5) is 13.1. The highest BCUT2D eigenvalue weighted by molar-refractivity contribution is 5.51. The van der Waals surface area contributed by atoms with Crippen molar-refractivity contribution in [3.8, 4) is 5.75 Å². The van der Waals surface area contributed by atoms with Gasteiger partial charge in [0.25, 0.3) is 0 Å². The van der Waals surface area contributed by atoms with Crippen LogP contribution in [0.1, 0.15) is 19.3 Å². The maximum atomic E-state index is 13.5. The maximum Gasteiger partial charge on any atom is 0.240 e. The van der Waals surface area contributed by atoms with Gasteiger partial charge in [0, 0.05) is 12.1 Å². The minimum absolute atomic E-state index is 0.106. The zero-order valence-corrected chi connectivity index (χ0v) is 9.08. The predicted octanol–water partition coefficient (Wildman–Crippen LogP) is 3.11. The molecule has 0 amide bonds. The molecule has 1 aliphatic rings. The lowest BCUT2D eigenvalue weighted by atomic mass is 9.86. The molecule has 1 fully saturated rings. The molecule has 1 aromatic rings. The van der Waals surface area contributed by atoms with Crippen molar-refractivity contribution in [2.24, 2.45) is 10.9 Å². The first-order valence-corrected chi connectivity index (χ1v) is 5.40. The van der Waals surface area contributed by atoms with Crippen LogP contribution in [0.3, 0.4) is 0 Å². The van der Waals surface area contributed by atoms with Crippen molar-refractivity contribution >= 4 is 11.8 Å². The molecule has 1 aliphatic carbocycles. The minimum atomic E-state index is -0.849. The molecule has 17 heavy (non-hydrogen) atoms. The number of isocyanates is 1. The number of aliphatic imine (C=N–C) groups is 1. The summed E-state index contributed by atoms with van der Waals surface area (Å²) in [7, 11) is 0. The number of hydrogen-bond donors (Lipinski definition) is 0. The number of hydrogen-bond acceptors (Lipinski definition) is 3. The molecule has 0 aliphatic heterocycles. The van der Waals surface area contributed by atoms with Crippen molar-refractivity contribution in [3.05, 3.63) is 23.8 Å². The SMILES string of the molecule is O=C=Nc1cc(F)c(OCC2CCC2)c(F)c1. The van der Waals surface area contributed by atoms with Crippen molar-refractivity contribution in [1.82, 2.24) is 0 Å². The van der Waals surface area contributed by atoms with E-state index in [0.29, 0.717) is 12.5 Å². The molecular weight excluding hydrogens is 228 g/mol. The van der Waals surface area contributed by atoms with E-state index in [-0.39, 0.29) is 5.69 Å². The van der Waals surface area contributed by atoms with Gasteiger partial charge in [0.15, 0.2) is 17.4 Å². The summed E-state index contributed by atoms with van der Waals surface area (Å²) in [5.74, 6) is -1.71. The Morgan fingerprint density at radius 1 is 1.35 bits per heavy atom. The molecule has 0 bridgehead atoms. The molecule has 0 aromatic heterocycles. The lowest BCUT2D eigenvalue weighted by Crippen LogP contribution is -2.20. The third-order valence-electron chi connectivity index (χ3n) is 2.85. The fourth-order valence-corrected chi connectivity index (χ4v) is 1.66. The number of nitrogens with zero attached hydrogens (tertiary/aromatic N) is 1. The molecule has 0 heterocycles. The zero-order chi connectivity index (χ0) is 12.3. The van der Waals surface area contributed by atoms with Gasteiger partial charge < -0.3 is 4.74 Å². The summed E-state index contributed by atoms with van der Waals surface area (Å²) < 4.78 is 32.0. The van der Waals surface area contributed by atoms with Gasteiger partial charge in [-0.1, -0.05) is 6.42 Å². The Morgan fingerprint density at radius 3 is 2.47 bits per heavy atom. The topological polar surface area (TPSA) is 38.7 Å². The smallest absolute Gasteiger partial charge is 0.240 e. The monoisotopic (exact) mass is 239 g/mol. The molecule has 0 N–H and O–H groups in total. The summed E-state index contributed by atoms with van der Waals surface area (Å²) in [5, 5.41) is 0. The van der Waals surface area contributed by atoms with Crippen molar-refractivity contribution in [3.63, 3.8) is 0 Å². The molecule has 0 saturated heterocycles. The summed E-state index contributed by atoms with van der Waals surface area (Å²) in [6.45, 7) is 0.324. The van der Waals surface area contributed by atoms with E-state index in [1.54, 1.807) is 0 Å². The predicted molar refractivity (Wildman–Crippen MR) is 57.0 cm³/mol. The summed E-state index contributed by atoms with van der Waals surface area (Å²) in [6, 6.07) is 1.90. The Kier molecular flexibility index (Phi) is 3.49. The van der Waals surface area contributed by atoms with E-state index in [4.69, 9.17) is 4.74 Å². The first-order chi connectivity index (χ1) is 8.20. The molecule has 90 valence electrons. The first-order valence-electron chi connectivity index (χ1n) is 5.40. The van der Waals surface area contributed by atoms with Crippen molar-refractivity contribution in [2.75, 3.05) is 6.61 Å². The molecule has 1 saturated carbocycles. The molecule has 2 rings (SSSR count). The standard InChI is InChI=1S/C12H11F2NO2/c13-10-4-9(15-7-16)5-11(14)12(10)17-6-8-2-1-3-8/h4-5,8H,1-3,6H2. The second-order valence-corrected chi connectivity index (χ2v) is 4.05. The molecule has 3 nitrogen and oxygen atoms in total. The Labute approximate surface area is 97.1 Å². The highest BCUT2D eigenvalue weighted by atomic mass is 19.1. The number of halogens is 2. The highest BCUT2D eigenvalue weighted by Crippen LogP contribution is 2.30. The van der Waals surface area contributed by atoms with E-state index in [0.717, 1.165) is 31.4 Å². The van der Waals surface area contributed by atoms with Crippen LogP contribution in [0.4, 0.5) is 14.5 Å². The number of rotatable bonds is 4. The number of benzene rings is 1. The maximum absolute atomic E-state index is 13.5. The highest BCUT2D eigenvalue weighted by Gasteiger charge is 2.20. The second kappa shape index (κ2) is 5.06. The summed E-state index contributed by atoms with van der Waals surface area (Å²) >= 11 is 0. The van der Waals surface area contributed by atoms with Crippen molar-refractivity contribution < 1.29 is 18.3 Å². The molecule has 0 unspecified atom stereocenters. The van der Waals surface area contributed by atoms with E-state index >= 15 is 0 Å². The van der Waals surface area contributed by atoms with Crippen LogP contribution in [0.15, 0.2) is 17.1 Å². The molecule has 1 aromatic carbocycles. The normalized spacial score (nSPS) is 14.9. The van der Waals surface area contributed by atoms with Crippen LogP contribution in [0.2, 0.25) is 0 Å². The Balaban J connectivity index is 2.12. The summed E-state index contributed by atoms with van der Waals surface area (Å²) in [5.41, 5.74) is -0.106. The molecule has 0 atom stereocenters. The number of ether oxygens (including phenoxy) is 1. The molecule has 0 radical (unpaired) electrons. The van der Waals surface area contributed by atoms with Crippen LogP contribution in [0.25, 0.3) is 0 Å². The van der Waals surface area contributed by atoms with Gasteiger partial charge in [0.1, 0.15) is 0 Å². The Morgan fingerprint density at radius 2 is 2.00 bits per heavy atom. The van der Waals surface area contributed by atoms with Crippen LogP contribution >= 0.6 is 0 Å². The van der Waals surface area contributed by atoms with Gasteiger partial charge >= 0.3 is 0 Å². The third-order valence-corrected chi connectivity index (χ3v) is 2.85. The van der Waals surface area contributed by atoms with E-state index in [1.807, 2.05) is 0 Å². The van der Waals surface area contributed by atoms with Gasteiger partial charge in [-0.25, -0.2) is 13.6 Å². The molecule has 5 heteroatoms. The van der Waals surface area contributed by atoms with Gasteiger partial charge in [-0.2, -0.15) is 4.99 Å². The quantitative estimate of drug-likeness (QED) is 0.598. The van der Waals surface area contributed by atoms with E-state index in [9.17, 15) is 13.6 Å². The van der Waals surface area contributed by atoms with Crippen LogP contribution < -0.4 is 4.74 Å². The zero-order valence-electron chi connectivity index (χ0n) is 9.08. The molecule has 0 spiro atoms. The van der Waals surface area contributed by atoms with Gasteiger partial charge in [0.05, 0.1) is 12.3 Å². The first kappa shape index (κ1) is 11.7. The van der Waals surface area contributed by atoms with Crippen LogP contribution in [0, 0.1) is 17.6 Å². The fraction of sp³-hybridized carbons (Fsp3) is 0.417. The average molecular weight is 239 g/mol. The van der Waals surface area contributed by atoms with Crippen LogP contribution in [-0.2, 0) is 4.79 Å². The van der Waals surface area contributed by atoms with E-state index < -0.39 is 17.4 Å². The van der Waals surface area contributed by atoms with E-state index in [1.165, 1.54) is 6.08 Å². The lowest BCUT2D eigenvalue weighted by molar-refractivity contribution is 0.170. The van der Waals surface area contributed by atoms with Gasteiger partial charge in [0.2, 0.25) is 6.08 Å². The lowest BCUT2D eigenvalue weighted by Gasteiger charge is -2.25. The van der Waals surface area contributed by atoms with Gasteiger partial charge in [-0.15, -0.1) is 0 Å². The minimum Gasteiger partial charge on any atom is -0.487 e. The van der Waals surface area contributed by atoms with Crippen molar-refractivity contribution in [1.29, 1.82) is 0 Å². The molecular formula is C12H11F2NO2. The largest absolute Gasteiger partial charge is 0.487 e. The summed E-state index contributed by atoms with van der Waals surface area (Å²) in [6.07, 6.45) is 4.45. The Hall–Kier alpha value is -1.74. The third kappa shape index (κ3) is 2.68. The van der Waals surface area contributed by atoms with Gasteiger partial charge in [-0.3, -0.25) is 0 Å². The average Bonchev–Trinajstić information content (AvgIpc) is 2.20. The van der Waals surface area contributed by atoms with Crippen molar-refractivity contribution in [2.45, 2.75) is 19.3 Å². The van der Waals surface area contributed by atoms with E-state index in [2.05, 4.69) is 4.99 Å². The number of carbonyl (C=O) groups excluding carboxylic acids is 1. The van der Waals surface area contributed by atoms with Gasteiger partial charge in [-0.05, 0) is 18.8 Å². The van der Waals surface area contributed by atoms with Crippen LogP contribution in [-0.4, -0.2) is 12.7 Å². The van der Waals surface area contributed by atoms with Crippen LogP contribution in [0.5, 0.6) is 5.75 Å². The fourth-order valence-electron chi connectivity index (χ4n) is 1.66.